The fraction of sp³-hybridized carbons (Fsp3) is 0.231. The monoisotopic (exact) mass is 247 g/mol. The summed E-state index contributed by atoms with van der Waals surface area (Å²) in [5.41, 5.74) is 0.653. The summed E-state index contributed by atoms with van der Waals surface area (Å²) in [4.78, 5) is 7.99. The highest BCUT2D eigenvalue weighted by molar-refractivity contribution is 5.33. The van der Waals surface area contributed by atoms with Crippen LogP contribution >= 0.6 is 0 Å². The molecule has 94 valence electrons. The Morgan fingerprint density at radius 1 is 1.22 bits per heavy atom. The molecule has 2 rings (SSSR count). The average Bonchev–Trinajstić information content (AvgIpc) is 2.40. The van der Waals surface area contributed by atoms with Gasteiger partial charge in [0, 0.05) is 12.4 Å². The van der Waals surface area contributed by atoms with Gasteiger partial charge in [0.05, 0.1) is 18.3 Å². The van der Waals surface area contributed by atoms with E-state index in [4.69, 9.17) is 0 Å². The van der Waals surface area contributed by atoms with Gasteiger partial charge in [-0.05, 0) is 24.6 Å². The van der Waals surface area contributed by atoms with Gasteiger partial charge in [-0.3, -0.25) is 4.98 Å². The standard InChI is InChI=1S/C13H14FN3O/c1-9(17-12-8-15-6-7-16-12)13(18)10-2-4-11(14)5-3-10/h2-9,13,18H,1H3,(H,16,17)/t9-,13-/m1/s1. The number of anilines is 1. The van der Waals surface area contributed by atoms with Crippen molar-refractivity contribution in [3.8, 4) is 0 Å². The van der Waals surface area contributed by atoms with E-state index < -0.39 is 6.10 Å². The lowest BCUT2D eigenvalue weighted by molar-refractivity contribution is 0.160. The summed E-state index contributed by atoms with van der Waals surface area (Å²) in [6.45, 7) is 1.82. The lowest BCUT2D eigenvalue weighted by atomic mass is 10.0. The molecule has 0 radical (unpaired) electrons. The van der Waals surface area contributed by atoms with Crippen molar-refractivity contribution >= 4 is 5.82 Å². The summed E-state index contributed by atoms with van der Waals surface area (Å²) >= 11 is 0. The predicted molar refractivity (Wildman–Crippen MR) is 66.5 cm³/mol. The van der Waals surface area contributed by atoms with Crippen molar-refractivity contribution in [2.45, 2.75) is 19.1 Å². The molecule has 1 heterocycles. The molecule has 0 bridgehead atoms. The van der Waals surface area contributed by atoms with Crippen molar-refractivity contribution in [3.63, 3.8) is 0 Å². The van der Waals surface area contributed by atoms with Gasteiger partial charge in [-0.15, -0.1) is 0 Å². The van der Waals surface area contributed by atoms with E-state index in [9.17, 15) is 9.50 Å². The van der Waals surface area contributed by atoms with Crippen LogP contribution in [0.1, 0.15) is 18.6 Å². The van der Waals surface area contributed by atoms with E-state index in [1.165, 1.54) is 12.1 Å². The van der Waals surface area contributed by atoms with Crippen molar-refractivity contribution in [1.82, 2.24) is 9.97 Å². The molecule has 0 saturated heterocycles. The van der Waals surface area contributed by atoms with Crippen molar-refractivity contribution in [2.24, 2.45) is 0 Å². The van der Waals surface area contributed by atoms with Crippen LogP contribution in [0, 0.1) is 5.82 Å². The molecule has 5 heteroatoms. The van der Waals surface area contributed by atoms with Crippen LogP contribution in [0.3, 0.4) is 0 Å². The number of aliphatic hydroxyl groups is 1. The highest BCUT2D eigenvalue weighted by Crippen LogP contribution is 2.19. The number of hydrogen-bond donors (Lipinski definition) is 2. The number of aliphatic hydroxyl groups excluding tert-OH is 1. The molecule has 0 aliphatic heterocycles. The minimum absolute atomic E-state index is 0.257. The van der Waals surface area contributed by atoms with E-state index in [-0.39, 0.29) is 11.9 Å². The molecule has 18 heavy (non-hydrogen) atoms. The first-order valence-electron chi connectivity index (χ1n) is 5.63. The van der Waals surface area contributed by atoms with Crippen LogP contribution in [0.5, 0.6) is 0 Å². The van der Waals surface area contributed by atoms with Crippen LogP contribution in [-0.2, 0) is 0 Å². The van der Waals surface area contributed by atoms with Gasteiger partial charge in [0.1, 0.15) is 11.6 Å². The summed E-state index contributed by atoms with van der Waals surface area (Å²) in [5.74, 6) is 0.270. The number of rotatable bonds is 4. The minimum atomic E-state index is -0.743. The maximum Gasteiger partial charge on any atom is 0.144 e. The van der Waals surface area contributed by atoms with Crippen LogP contribution < -0.4 is 5.32 Å². The van der Waals surface area contributed by atoms with Crippen LogP contribution in [0.2, 0.25) is 0 Å². The van der Waals surface area contributed by atoms with Crippen LogP contribution in [-0.4, -0.2) is 21.1 Å². The normalized spacial score (nSPS) is 13.9. The molecule has 1 aromatic carbocycles. The second-order valence-electron chi connectivity index (χ2n) is 4.02. The molecule has 0 aliphatic carbocycles. The van der Waals surface area contributed by atoms with E-state index in [1.807, 2.05) is 6.92 Å². The zero-order valence-corrected chi connectivity index (χ0v) is 9.92. The van der Waals surface area contributed by atoms with E-state index in [1.54, 1.807) is 30.7 Å². The Hall–Kier alpha value is -2.01. The largest absolute Gasteiger partial charge is 0.386 e. The van der Waals surface area contributed by atoms with Gasteiger partial charge >= 0.3 is 0 Å². The molecule has 2 atom stereocenters. The summed E-state index contributed by atoms with van der Waals surface area (Å²) < 4.78 is 12.8. The number of hydrogen-bond acceptors (Lipinski definition) is 4. The van der Waals surface area contributed by atoms with E-state index >= 15 is 0 Å². The molecule has 2 aromatic rings. The summed E-state index contributed by atoms with van der Waals surface area (Å²) in [6.07, 6.45) is 3.98. The fourth-order valence-corrected chi connectivity index (χ4v) is 1.63. The molecule has 0 fully saturated rings. The van der Waals surface area contributed by atoms with E-state index in [0.717, 1.165) is 0 Å². The van der Waals surface area contributed by atoms with Crippen molar-refractivity contribution in [3.05, 3.63) is 54.2 Å². The third-order valence-corrected chi connectivity index (χ3v) is 2.62. The molecule has 0 unspecified atom stereocenters. The first-order valence-corrected chi connectivity index (χ1v) is 5.63. The molecule has 4 nitrogen and oxygen atoms in total. The van der Waals surface area contributed by atoms with Crippen molar-refractivity contribution in [1.29, 1.82) is 0 Å². The Morgan fingerprint density at radius 3 is 2.56 bits per heavy atom. The van der Waals surface area contributed by atoms with Crippen LogP contribution in [0.15, 0.2) is 42.9 Å². The molecule has 0 aliphatic rings. The Labute approximate surface area is 105 Å². The third-order valence-electron chi connectivity index (χ3n) is 2.62. The van der Waals surface area contributed by atoms with Gasteiger partial charge in [0.25, 0.3) is 0 Å². The molecule has 2 N–H and O–H groups in total. The third kappa shape index (κ3) is 3.01. The average molecular weight is 247 g/mol. The van der Waals surface area contributed by atoms with Crippen molar-refractivity contribution in [2.75, 3.05) is 5.32 Å². The fourth-order valence-electron chi connectivity index (χ4n) is 1.63. The number of halogens is 1. The second kappa shape index (κ2) is 5.55. The molecule has 0 saturated carbocycles. The van der Waals surface area contributed by atoms with Gasteiger partial charge in [-0.2, -0.15) is 0 Å². The quantitative estimate of drug-likeness (QED) is 0.869. The van der Waals surface area contributed by atoms with Crippen LogP contribution in [0.4, 0.5) is 10.2 Å². The lowest BCUT2D eigenvalue weighted by Gasteiger charge is -2.20. The van der Waals surface area contributed by atoms with Crippen LogP contribution in [0.25, 0.3) is 0 Å². The van der Waals surface area contributed by atoms with E-state index in [0.29, 0.717) is 11.4 Å². The minimum Gasteiger partial charge on any atom is -0.386 e. The van der Waals surface area contributed by atoms with Gasteiger partial charge < -0.3 is 10.4 Å². The summed E-state index contributed by atoms with van der Waals surface area (Å²) in [5, 5.41) is 13.1. The van der Waals surface area contributed by atoms with E-state index in [2.05, 4.69) is 15.3 Å². The lowest BCUT2D eigenvalue weighted by Crippen LogP contribution is -2.24. The SMILES string of the molecule is C[C@@H](Nc1cnccn1)[C@@H](O)c1ccc(F)cc1. The Morgan fingerprint density at radius 2 is 1.94 bits per heavy atom. The molecular weight excluding hydrogens is 233 g/mol. The second-order valence-corrected chi connectivity index (χ2v) is 4.02. The zero-order valence-electron chi connectivity index (χ0n) is 9.92. The highest BCUT2D eigenvalue weighted by Gasteiger charge is 2.16. The Kier molecular flexibility index (Phi) is 3.84. The molecule has 0 spiro atoms. The maximum atomic E-state index is 12.8. The van der Waals surface area contributed by atoms with Gasteiger partial charge in [0.15, 0.2) is 0 Å². The molecule has 1 aromatic heterocycles. The van der Waals surface area contributed by atoms with Crippen molar-refractivity contribution < 1.29 is 9.50 Å². The smallest absolute Gasteiger partial charge is 0.144 e. The Balaban J connectivity index is 2.05. The molecule has 0 amide bonds. The summed E-state index contributed by atoms with van der Waals surface area (Å²) in [7, 11) is 0. The number of aromatic nitrogens is 2. The van der Waals surface area contributed by atoms with Gasteiger partial charge in [-0.1, -0.05) is 12.1 Å². The highest BCUT2D eigenvalue weighted by atomic mass is 19.1. The first kappa shape index (κ1) is 12.4. The first-order chi connectivity index (χ1) is 8.66. The predicted octanol–water partition coefficient (Wildman–Crippen LogP) is 2.15. The zero-order chi connectivity index (χ0) is 13.0. The number of benzene rings is 1. The van der Waals surface area contributed by atoms with Gasteiger partial charge in [-0.25, -0.2) is 9.37 Å². The number of nitrogens with one attached hydrogen (secondary N) is 1. The Bertz CT molecular complexity index is 489. The number of nitrogens with zero attached hydrogens (tertiary/aromatic N) is 2. The molecular formula is C13H14FN3O. The topological polar surface area (TPSA) is 58.0 Å². The maximum absolute atomic E-state index is 12.8. The summed E-state index contributed by atoms with van der Waals surface area (Å²) in [6, 6.07) is 5.53. The van der Waals surface area contributed by atoms with Gasteiger partial charge in [0.2, 0.25) is 0 Å².